The van der Waals surface area contributed by atoms with Gasteiger partial charge in [0.25, 0.3) is 0 Å². The zero-order valence-corrected chi connectivity index (χ0v) is 12.4. The van der Waals surface area contributed by atoms with Crippen LogP contribution in [0.2, 0.25) is 0 Å². The largest absolute Gasteiger partial charge is 0.358 e. The van der Waals surface area contributed by atoms with Gasteiger partial charge in [-0.2, -0.15) is 0 Å². The van der Waals surface area contributed by atoms with Gasteiger partial charge in [0.1, 0.15) is 5.52 Å². The van der Waals surface area contributed by atoms with E-state index in [2.05, 4.69) is 20.3 Å². The van der Waals surface area contributed by atoms with Crippen LogP contribution >= 0.6 is 0 Å². The summed E-state index contributed by atoms with van der Waals surface area (Å²) in [5.41, 5.74) is 4.12. The number of hydrogen-bond donors (Lipinski definition) is 2. The second-order valence-electron chi connectivity index (χ2n) is 5.87. The fourth-order valence-corrected chi connectivity index (χ4v) is 3.16. The summed E-state index contributed by atoms with van der Waals surface area (Å²) in [6, 6.07) is 4.51. The lowest BCUT2D eigenvalue weighted by Crippen LogP contribution is -2.23. The Morgan fingerprint density at radius 3 is 2.73 bits per heavy atom. The molecule has 3 aromatic heterocycles. The first-order chi connectivity index (χ1) is 10.9. The first-order valence-corrected chi connectivity index (χ1v) is 7.91. The molecule has 0 atom stereocenters. The normalized spacial score (nSPS) is 16.0. The number of anilines is 1. The van der Waals surface area contributed by atoms with E-state index in [0.29, 0.717) is 6.04 Å². The van der Waals surface area contributed by atoms with E-state index in [0.717, 1.165) is 28.1 Å². The number of nitrogens with one attached hydrogen (secondary N) is 2. The molecule has 1 aliphatic carbocycles. The summed E-state index contributed by atoms with van der Waals surface area (Å²) in [6.07, 6.45) is 13.8. The number of rotatable bonds is 3. The highest BCUT2D eigenvalue weighted by atomic mass is 15.1. The number of nitrogens with zero attached hydrogens (tertiary/aromatic N) is 3. The second-order valence-corrected chi connectivity index (χ2v) is 5.87. The van der Waals surface area contributed by atoms with Crippen molar-refractivity contribution in [1.82, 2.24) is 19.9 Å². The Morgan fingerprint density at radius 2 is 1.91 bits per heavy atom. The van der Waals surface area contributed by atoms with E-state index in [9.17, 15) is 0 Å². The lowest BCUT2D eigenvalue weighted by atomic mass is 9.96. The SMILES string of the molecule is c1cc(-c2c[nH]c3cnc(NC4CCCCC4)nc23)ccn1. The molecule has 0 spiro atoms. The fraction of sp³-hybridized carbons (Fsp3) is 0.353. The zero-order chi connectivity index (χ0) is 14.8. The van der Waals surface area contributed by atoms with Crippen molar-refractivity contribution < 1.29 is 0 Å². The molecule has 1 saturated carbocycles. The molecule has 0 aliphatic heterocycles. The molecule has 0 aromatic carbocycles. The molecule has 5 nitrogen and oxygen atoms in total. The van der Waals surface area contributed by atoms with Crippen LogP contribution in [-0.2, 0) is 0 Å². The maximum Gasteiger partial charge on any atom is 0.223 e. The Hall–Kier alpha value is -2.43. The van der Waals surface area contributed by atoms with Crippen molar-refractivity contribution in [2.75, 3.05) is 5.32 Å². The summed E-state index contributed by atoms with van der Waals surface area (Å²) in [5, 5.41) is 3.49. The van der Waals surface area contributed by atoms with Gasteiger partial charge in [0.2, 0.25) is 5.95 Å². The summed E-state index contributed by atoms with van der Waals surface area (Å²) in [5.74, 6) is 0.731. The first kappa shape index (κ1) is 13.2. The highest BCUT2D eigenvalue weighted by Gasteiger charge is 2.15. The smallest absolute Gasteiger partial charge is 0.223 e. The quantitative estimate of drug-likeness (QED) is 0.771. The highest BCUT2D eigenvalue weighted by molar-refractivity contribution is 5.92. The van der Waals surface area contributed by atoms with Crippen LogP contribution < -0.4 is 5.32 Å². The van der Waals surface area contributed by atoms with Crippen molar-refractivity contribution in [2.24, 2.45) is 0 Å². The van der Waals surface area contributed by atoms with Gasteiger partial charge < -0.3 is 10.3 Å². The third-order valence-electron chi connectivity index (χ3n) is 4.35. The van der Waals surface area contributed by atoms with Crippen LogP contribution in [0.5, 0.6) is 0 Å². The van der Waals surface area contributed by atoms with Crippen molar-refractivity contribution in [3.8, 4) is 11.1 Å². The van der Waals surface area contributed by atoms with Crippen LogP contribution in [0.1, 0.15) is 32.1 Å². The number of hydrogen-bond acceptors (Lipinski definition) is 4. The molecular formula is C17H19N5. The monoisotopic (exact) mass is 293 g/mol. The van der Waals surface area contributed by atoms with Crippen molar-refractivity contribution in [3.05, 3.63) is 36.9 Å². The molecule has 22 heavy (non-hydrogen) atoms. The number of aromatic amines is 1. The Bertz CT molecular complexity index is 759. The van der Waals surface area contributed by atoms with Gasteiger partial charge in [0.15, 0.2) is 0 Å². The van der Waals surface area contributed by atoms with Gasteiger partial charge in [-0.3, -0.25) is 4.98 Å². The molecule has 0 amide bonds. The van der Waals surface area contributed by atoms with Crippen LogP contribution in [0.25, 0.3) is 22.2 Å². The molecule has 0 saturated heterocycles. The summed E-state index contributed by atoms with van der Waals surface area (Å²) >= 11 is 0. The standard InChI is InChI=1S/C17H19N5/c1-2-4-13(5-3-1)21-17-20-11-15-16(22-17)14(10-19-15)12-6-8-18-9-7-12/h6-11,13,19H,1-5H2,(H,20,21,22). The minimum atomic E-state index is 0.509. The van der Waals surface area contributed by atoms with E-state index < -0.39 is 0 Å². The van der Waals surface area contributed by atoms with Gasteiger partial charge in [-0.1, -0.05) is 19.3 Å². The van der Waals surface area contributed by atoms with Gasteiger partial charge in [-0.05, 0) is 30.5 Å². The van der Waals surface area contributed by atoms with Gasteiger partial charge in [-0.25, -0.2) is 9.97 Å². The van der Waals surface area contributed by atoms with E-state index in [1.807, 2.05) is 24.5 Å². The first-order valence-electron chi connectivity index (χ1n) is 7.91. The van der Waals surface area contributed by atoms with E-state index in [-0.39, 0.29) is 0 Å². The molecule has 112 valence electrons. The Labute approximate surface area is 129 Å². The molecule has 0 bridgehead atoms. The minimum Gasteiger partial charge on any atom is -0.358 e. The summed E-state index contributed by atoms with van der Waals surface area (Å²) in [6.45, 7) is 0. The Kier molecular flexibility index (Phi) is 3.46. The third kappa shape index (κ3) is 2.54. The molecular weight excluding hydrogens is 274 g/mol. The average molecular weight is 293 g/mol. The number of pyridine rings is 1. The molecule has 1 fully saturated rings. The van der Waals surface area contributed by atoms with Crippen LogP contribution in [-0.4, -0.2) is 26.0 Å². The van der Waals surface area contributed by atoms with E-state index in [4.69, 9.17) is 4.98 Å². The van der Waals surface area contributed by atoms with Gasteiger partial charge in [-0.15, -0.1) is 0 Å². The maximum atomic E-state index is 4.73. The molecule has 2 N–H and O–H groups in total. The average Bonchev–Trinajstić information content (AvgIpc) is 3.00. The van der Waals surface area contributed by atoms with E-state index in [1.165, 1.54) is 32.1 Å². The molecule has 5 heteroatoms. The second kappa shape index (κ2) is 5.75. The topological polar surface area (TPSA) is 66.5 Å². The van der Waals surface area contributed by atoms with Crippen LogP contribution in [0.3, 0.4) is 0 Å². The predicted octanol–water partition coefficient (Wildman–Crippen LogP) is 3.76. The van der Waals surface area contributed by atoms with Crippen LogP contribution in [0.4, 0.5) is 5.95 Å². The van der Waals surface area contributed by atoms with Crippen LogP contribution in [0, 0.1) is 0 Å². The minimum absolute atomic E-state index is 0.509. The third-order valence-corrected chi connectivity index (χ3v) is 4.35. The van der Waals surface area contributed by atoms with Gasteiger partial charge in [0.05, 0.1) is 11.7 Å². The molecule has 0 unspecified atom stereocenters. The lowest BCUT2D eigenvalue weighted by Gasteiger charge is -2.22. The zero-order valence-electron chi connectivity index (χ0n) is 12.4. The maximum absolute atomic E-state index is 4.73. The molecule has 3 aromatic rings. The van der Waals surface area contributed by atoms with Crippen molar-refractivity contribution in [1.29, 1.82) is 0 Å². The van der Waals surface area contributed by atoms with Crippen molar-refractivity contribution >= 4 is 17.0 Å². The lowest BCUT2D eigenvalue weighted by molar-refractivity contribution is 0.461. The molecule has 0 radical (unpaired) electrons. The van der Waals surface area contributed by atoms with Crippen LogP contribution in [0.15, 0.2) is 36.9 Å². The molecule has 1 aliphatic rings. The van der Waals surface area contributed by atoms with Crippen molar-refractivity contribution in [2.45, 2.75) is 38.1 Å². The number of H-pyrrole nitrogens is 1. The summed E-state index contributed by atoms with van der Waals surface area (Å²) in [7, 11) is 0. The highest BCUT2D eigenvalue weighted by Crippen LogP contribution is 2.27. The molecule has 4 rings (SSSR count). The van der Waals surface area contributed by atoms with Gasteiger partial charge >= 0.3 is 0 Å². The van der Waals surface area contributed by atoms with E-state index in [1.54, 1.807) is 12.4 Å². The predicted molar refractivity (Wildman–Crippen MR) is 87.6 cm³/mol. The fourth-order valence-electron chi connectivity index (χ4n) is 3.16. The van der Waals surface area contributed by atoms with E-state index >= 15 is 0 Å². The molecule has 3 heterocycles. The number of aromatic nitrogens is 4. The number of fused-ring (bicyclic) bond motifs is 1. The van der Waals surface area contributed by atoms with Gasteiger partial charge in [0, 0.05) is 30.2 Å². The summed E-state index contributed by atoms with van der Waals surface area (Å²) in [4.78, 5) is 16.5. The Morgan fingerprint density at radius 1 is 1.09 bits per heavy atom. The summed E-state index contributed by atoms with van der Waals surface area (Å²) < 4.78 is 0. The Balaban J connectivity index is 1.67. The van der Waals surface area contributed by atoms with Crippen molar-refractivity contribution in [3.63, 3.8) is 0 Å².